The third kappa shape index (κ3) is 3.21. The molecular weight excluding hydrogens is 300 g/mol. The van der Waals surface area contributed by atoms with E-state index in [0.29, 0.717) is 32.0 Å². The maximum atomic E-state index is 12.3. The van der Waals surface area contributed by atoms with Crippen molar-refractivity contribution in [1.82, 2.24) is 10.2 Å². The van der Waals surface area contributed by atoms with Crippen molar-refractivity contribution in [3.63, 3.8) is 0 Å². The molecule has 6 heteroatoms. The standard InChI is InChI=1S/C16H20N2O3S/c19-15(20)11-4-3-7-18(9-11)16(21)17-8-12-10-22-14-6-2-1-5-13(12)14/h1-2,5-6,11-12H,3-4,7-10H2,(H,17,21)(H,19,20). The first-order chi connectivity index (χ1) is 10.6. The molecule has 0 aliphatic carbocycles. The summed E-state index contributed by atoms with van der Waals surface area (Å²) in [5, 5.41) is 12.1. The monoisotopic (exact) mass is 320 g/mol. The zero-order valence-corrected chi connectivity index (χ0v) is 13.1. The van der Waals surface area contributed by atoms with Gasteiger partial charge in [0.25, 0.3) is 0 Å². The number of carboxylic acid groups (broad SMARTS) is 1. The van der Waals surface area contributed by atoms with Crippen molar-refractivity contribution in [3.05, 3.63) is 29.8 Å². The van der Waals surface area contributed by atoms with E-state index in [4.69, 9.17) is 5.11 Å². The average Bonchev–Trinajstić information content (AvgIpc) is 2.96. The fourth-order valence-electron chi connectivity index (χ4n) is 3.08. The van der Waals surface area contributed by atoms with Gasteiger partial charge < -0.3 is 15.3 Å². The summed E-state index contributed by atoms with van der Waals surface area (Å²) < 4.78 is 0. The second kappa shape index (κ2) is 6.60. The van der Waals surface area contributed by atoms with Crippen LogP contribution in [-0.2, 0) is 4.79 Å². The number of aliphatic carboxylic acids is 1. The van der Waals surface area contributed by atoms with E-state index in [9.17, 15) is 9.59 Å². The Morgan fingerprint density at radius 1 is 1.36 bits per heavy atom. The van der Waals surface area contributed by atoms with Gasteiger partial charge in [0.1, 0.15) is 0 Å². The van der Waals surface area contributed by atoms with Gasteiger partial charge in [-0.2, -0.15) is 0 Å². The van der Waals surface area contributed by atoms with Crippen LogP contribution in [0.25, 0.3) is 0 Å². The van der Waals surface area contributed by atoms with Gasteiger partial charge in [-0.05, 0) is 24.5 Å². The molecule has 2 unspecified atom stereocenters. The van der Waals surface area contributed by atoms with Gasteiger partial charge in [0.15, 0.2) is 0 Å². The van der Waals surface area contributed by atoms with Crippen LogP contribution in [0.5, 0.6) is 0 Å². The Labute approximate surface area is 134 Å². The minimum atomic E-state index is -0.807. The number of rotatable bonds is 3. The van der Waals surface area contributed by atoms with Crippen molar-refractivity contribution in [2.24, 2.45) is 5.92 Å². The first kappa shape index (κ1) is 15.2. The Morgan fingerprint density at radius 2 is 2.18 bits per heavy atom. The molecule has 2 atom stereocenters. The number of hydrogen-bond acceptors (Lipinski definition) is 3. The van der Waals surface area contributed by atoms with E-state index in [1.165, 1.54) is 10.5 Å². The van der Waals surface area contributed by atoms with Crippen LogP contribution in [0.4, 0.5) is 4.79 Å². The number of benzene rings is 1. The number of piperidine rings is 1. The minimum absolute atomic E-state index is 0.139. The van der Waals surface area contributed by atoms with E-state index in [0.717, 1.165) is 12.2 Å². The van der Waals surface area contributed by atoms with Crippen molar-refractivity contribution >= 4 is 23.8 Å². The van der Waals surface area contributed by atoms with E-state index >= 15 is 0 Å². The molecular formula is C16H20N2O3S. The smallest absolute Gasteiger partial charge is 0.317 e. The first-order valence-corrected chi connectivity index (χ1v) is 8.61. The number of likely N-dealkylation sites (tertiary alicyclic amines) is 1. The number of hydrogen-bond donors (Lipinski definition) is 2. The zero-order chi connectivity index (χ0) is 15.5. The average molecular weight is 320 g/mol. The van der Waals surface area contributed by atoms with E-state index in [1.807, 2.05) is 23.9 Å². The molecule has 2 N–H and O–H groups in total. The van der Waals surface area contributed by atoms with Crippen LogP contribution in [-0.4, -0.2) is 47.4 Å². The Balaban J connectivity index is 1.54. The Bertz CT molecular complexity index is 578. The summed E-state index contributed by atoms with van der Waals surface area (Å²) in [6, 6.07) is 8.16. The Morgan fingerprint density at radius 3 is 3.00 bits per heavy atom. The molecule has 0 bridgehead atoms. The molecule has 2 heterocycles. The number of carboxylic acids is 1. The van der Waals surface area contributed by atoms with Gasteiger partial charge in [-0.25, -0.2) is 4.79 Å². The van der Waals surface area contributed by atoms with Gasteiger partial charge in [0, 0.05) is 36.2 Å². The lowest BCUT2D eigenvalue weighted by molar-refractivity contribution is -0.143. The van der Waals surface area contributed by atoms with Crippen molar-refractivity contribution in [3.8, 4) is 0 Å². The van der Waals surface area contributed by atoms with Crippen LogP contribution < -0.4 is 5.32 Å². The van der Waals surface area contributed by atoms with Crippen LogP contribution in [0, 0.1) is 5.92 Å². The third-order valence-corrected chi connectivity index (χ3v) is 5.61. The highest BCUT2D eigenvalue weighted by atomic mass is 32.2. The van der Waals surface area contributed by atoms with Crippen LogP contribution in [0.2, 0.25) is 0 Å². The highest BCUT2D eigenvalue weighted by Crippen LogP contribution is 2.38. The van der Waals surface area contributed by atoms with Crippen LogP contribution in [0.3, 0.4) is 0 Å². The van der Waals surface area contributed by atoms with Gasteiger partial charge in [-0.15, -0.1) is 11.8 Å². The summed E-state index contributed by atoms with van der Waals surface area (Å²) >= 11 is 1.82. The molecule has 5 nitrogen and oxygen atoms in total. The van der Waals surface area contributed by atoms with Crippen molar-refractivity contribution in [2.75, 3.05) is 25.4 Å². The quantitative estimate of drug-likeness (QED) is 0.897. The highest BCUT2D eigenvalue weighted by molar-refractivity contribution is 7.99. The molecule has 1 fully saturated rings. The normalized spacial score (nSPS) is 23.9. The van der Waals surface area contributed by atoms with Crippen molar-refractivity contribution < 1.29 is 14.7 Å². The highest BCUT2D eigenvalue weighted by Gasteiger charge is 2.29. The lowest BCUT2D eigenvalue weighted by Crippen LogP contribution is -2.47. The molecule has 22 heavy (non-hydrogen) atoms. The molecule has 0 radical (unpaired) electrons. The topological polar surface area (TPSA) is 69.6 Å². The Hall–Kier alpha value is -1.69. The van der Waals surface area contributed by atoms with E-state index < -0.39 is 11.9 Å². The molecule has 1 saturated heterocycles. The molecule has 0 saturated carbocycles. The van der Waals surface area contributed by atoms with E-state index in [1.54, 1.807) is 4.90 Å². The molecule has 0 aromatic heterocycles. The number of carbonyl (C=O) groups excluding carboxylic acids is 1. The van der Waals surface area contributed by atoms with Crippen molar-refractivity contribution in [1.29, 1.82) is 0 Å². The van der Waals surface area contributed by atoms with Gasteiger partial charge in [-0.1, -0.05) is 18.2 Å². The molecule has 3 rings (SSSR count). The van der Waals surface area contributed by atoms with Gasteiger partial charge in [0.2, 0.25) is 0 Å². The van der Waals surface area contributed by atoms with Crippen molar-refractivity contribution in [2.45, 2.75) is 23.7 Å². The van der Waals surface area contributed by atoms with Gasteiger partial charge in [-0.3, -0.25) is 4.79 Å². The number of urea groups is 1. The van der Waals surface area contributed by atoms with Crippen LogP contribution in [0.15, 0.2) is 29.2 Å². The van der Waals surface area contributed by atoms with Gasteiger partial charge >= 0.3 is 12.0 Å². The van der Waals surface area contributed by atoms with Gasteiger partial charge in [0.05, 0.1) is 5.92 Å². The minimum Gasteiger partial charge on any atom is -0.481 e. The molecule has 2 aliphatic heterocycles. The van der Waals surface area contributed by atoms with Crippen LogP contribution >= 0.6 is 11.8 Å². The predicted octanol–water partition coefficient (Wildman–Crippen LogP) is 2.38. The third-order valence-electron chi connectivity index (χ3n) is 4.36. The lowest BCUT2D eigenvalue weighted by atomic mass is 9.98. The number of thioether (sulfide) groups is 1. The fraction of sp³-hybridized carbons (Fsp3) is 0.500. The largest absolute Gasteiger partial charge is 0.481 e. The van der Waals surface area contributed by atoms with E-state index in [2.05, 4.69) is 17.4 Å². The fourth-order valence-corrected chi connectivity index (χ4v) is 4.34. The first-order valence-electron chi connectivity index (χ1n) is 7.62. The summed E-state index contributed by atoms with van der Waals surface area (Å²) in [7, 11) is 0. The molecule has 1 aromatic carbocycles. The second-order valence-corrected chi connectivity index (χ2v) is 6.92. The summed E-state index contributed by atoms with van der Waals surface area (Å²) in [6.45, 7) is 1.57. The SMILES string of the molecule is O=C(O)C1CCCN(C(=O)NCC2CSc3ccccc32)C1. The number of carbonyl (C=O) groups is 2. The lowest BCUT2D eigenvalue weighted by Gasteiger charge is -2.31. The predicted molar refractivity (Wildman–Crippen MR) is 85.2 cm³/mol. The summed E-state index contributed by atoms with van der Waals surface area (Å²) in [4.78, 5) is 26.2. The maximum absolute atomic E-state index is 12.3. The van der Waals surface area contributed by atoms with Crippen LogP contribution in [0.1, 0.15) is 24.3 Å². The molecule has 118 valence electrons. The van der Waals surface area contributed by atoms with E-state index in [-0.39, 0.29) is 6.03 Å². The summed E-state index contributed by atoms with van der Waals surface area (Å²) in [5.41, 5.74) is 1.30. The zero-order valence-electron chi connectivity index (χ0n) is 12.3. The summed E-state index contributed by atoms with van der Waals surface area (Å²) in [5.74, 6) is 0.0864. The number of amides is 2. The maximum Gasteiger partial charge on any atom is 0.317 e. The molecule has 2 amide bonds. The second-order valence-electron chi connectivity index (χ2n) is 5.86. The Kier molecular flexibility index (Phi) is 4.57. The number of nitrogens with zero attached hydrogens (tertiary/aromatic N) is 1. The number of nitrogens with one attached hydrogen (secondary N) is 1. The summed E-state index contributed by atoms with van der Waals surface area (Å²) in [6.07, 6.45) is 1.41. The number of fused-ring (bicyclic) bond motifs is 1. The molecule has 0 spiro atoms. The molecule has 1 aromatic rings. The molecule has 2 aliphatic rings.